The van der Waals surface area contributed by atoms with E-state index < -0.39 is 0 Å². The highest BCUT2D eigenvalue weighted by molar-refractivity contribution is 6.05. The van der Waals surface area contributed by atoms with Crippen molar-refractivity contribution in [3.05, 3.63) is 65.0 Å². The van der Waals surface area contributed by atoms with Crippen molar-refractivity contribution in [2.24, 2.45) is 0 Å². The van der Waals surface area contributed by atoms with Gasteiger partial charge in [-0.1, -0.05) is 12.1 Å². The Bertz CT molecular complexity index is 1030. The molecule has 0 aliphatic carbocycles. The van der Waals surface area contributed by atoms with Gasteiger partial charge in [0, 0.05) is 25.3 Å². The van der Waals surface area contributed by atoms with E-state index in [9.17, 15) is 9.59 Å². The van der Waals surface area contributed by atoms with Gasteiger partial charge in [-0.3, -0.25) is 9.59 Å². The van der Waals surface area contributed by atoms with E-state index in [-0.39, 0.29) is 11.8 Å². The normalized spacial score (nSPS) is 10.5. The average Bonchev–Trinajstić information content (AvgIpc) is 3.12. The second-order valence-electron chi connectivity index (χ2n) is 6.65. The van der Waals surface area contributed by atoms with Crippen LogP contribution < -0.4 is 10.1 Å². The maximum Gasteiger partial charge on any atom is 0.257 e. The minimum atomic E-state index is -0.274. The van der Waals surface area contributed by atoms with Crippen LogP contribution in [0.15, 0.2) is 42.5 Å². The Labute approximate surface area is 168 Å². The van der Waals surface area contributed by atoms with Crippen LogP contribution in [0.4, 0.5) is 5.69 Å². The fraction of sp³-hybridized carbons (Fsp3) is 0.250. The van der Waals surface area contributed by atoms with E-state index in [0.29, 0.717) is 29.1 Å². The lowest BCUT2D eigenvalue weighted by atomic mass is 10.1. The molecule has 0 aliphatic heterocycles. The van der Waals surface area contributed by atoms with Crippen molar-refractivity contribution in [1.82, 2.24) is 25.1 Å². The predicted octanol–water partition coefficient (Wildman–Crippen LogP) is 1.99. The lowest BCUT2D eigenvalue weighted by Crippen LogP contribution is -2.22. The molecule has 3 aromatic rings. The molecule has 0 aliphatic rings. The third kappa shape index (κ3) is 4.57. The number of nitrogens with one attached hydrogen (secondary N) is 1. The van der Waals surface area contributed by atoms with Gasteiger partial charge in [-0.25, -0.2) is 4.68 Å². The van der Waals surface area contributed by atoms with Crippen molar-refractivity contribution in [2.75, 3.05) is 26.5 Å². The number of rotatable bonds is 6. The number of hydrogen-bond donors (Lipinski definition) is 1. The smallest absolute Gasteiger partial charge is 0.257 e. The highest BCUT2D eigenvalue weighted by Gasteiger charge is 2.16. The summed E-state index contributed by atoms with van der Waals surface area (Å²) in [7, 11) is 4.81. The summed E-state index contributed by atoms with van der Waals surface area (Å²) in [6.45, 7) is 2.35. The SMILES string of the molecule is COc1ccc(NC(=O)c2ccc(Cn3nnnc3C)cc2)cc1C(=O)N(C)C. The highest BCUT2D eigenvalue weighted by atomic mass is 16.5. The number of methoxy groups -OCH3 is 1. The first-order valence-corrected chi connectivity index (χ1v) is 8.92. The number of anilines is 1. The van der Waals surface area contributed by atoms with Crippen LogP contribution in [0.25, 0.3) is 0 Å². The molecule has 2 amide bonds. The monoisotopic (exact) mass is 394 g/mol. The topological polar surface area (TPSA) is 102 Å². The summed E-state index contributed by atoms with van der Waals surface area (Å²) in [5, 5.41) is 14.2. The van der Waals surface area contributed by atoms with Crippen LogP contribution in [0.5, 0.6) is 5.75 Å². The first-order chi connectivity index (χ1) is 13.9. The molecule has 1 aromatic heterocycles. The van der Waals surface area contributed by atoms with Gasteiger partial charge < -0.3 is 15.0 Å². The number of ether oxygens (including phenoxy) is 1. The molecular weight excluding hydrogens is 372 g/mol. The molecule has 0 fully saturated rings. The lowest BCUT2D eigenvalue weighted by Gasteiger charge is -2.15. The Kier molecular flexibility index (Phi) is 5.87. The Morgan fingerprint density at radius 2 is 1.86 bits per heavy atom. The van der Waals surface area contributed by atoms with E-state index in [1.807, 2.05) is 19.1 Å². The van der Waals surface area contributed by atoms with Gasteiger partial charge in [0.1, 0.15) is 11.6 Å². The fourth-order valence-electron chi connectivity index (χ4n) is 2.73. The van der Waals surface area contributed by atoms with Crippen LogP contribution in [0, 0.1) is 6.92 Å². The van der Waals surface area contributed by atoms with E-state index >= 15 is 0 Å². The molecule has 2 aromatic carbocycles. The van der Waals surface area contributed by atoms with Crippen LogP contribution in [-0.4, -0.2) is 58.1 Å². The van der Waals surface area contributed by atoms with Crippen LogP contribution in [0.1, 0.15) is 32.1 Å². The van der Waals surface area contributed by atoms with E-state index in [1.165, 1.54) is 12.0 Å². The highest BCUT2D eigenvalue weighted by Crippen LogP contribution is 2.24. The zero-order chi connectivity index (χ0) is 21.0. The van der Waals surface area contributed by atoms with Crippen molar-refractivity contribution < 1.29 is 14.3 Å². The summed E-state index contributed by atoms with van der Waals surface area (Å²) < 4.78 is 6.93. The maximum absolute atomic E-state index is 12.6. The summed E-state index contributed by atoms with van der Waals surface area (Å²) in [4.78, 5) is 26.4. The number of amides is 2. The van der Waals surface area contributed by atoms with Crippen molar-refractivity contribution >= 4 is 17.5 Å². The molecule has 0 atom stereocenters. The Hall–Kier alpha value is -3.75. The van der Waals surface area contributed by atoms with Crippen LogP contribution >= 0.6 is 0 Å². The number of hydrogen-bond acceptors (Lipinski definition) is 6. The molecule has 9 heteroatoms. The quantitative estimate of drug-likeness (QED) is 0.686. The zero-order valence-electron chi connectivity index (χ0n) is 16.7. The molecule has 0 saturated carbocycles. The predicted molar refractivity (Wildman–Crippen MR) is 107 cm³/mol. The lowest BCUT2D eigenvalue weighted by molar-refractivity contribution is 0.0824. The summed E-state index contributed by atoms with van der Waals surface area (Å²) in [5.74, 6) is 0.683. The largest absolute Gasteiger partial charge is 0.496 e. The van der Waals surface area contributed by atoms with Gasteiger partial charge in [0.05, 0.1) is 19.2 Å². The first kappa shape index (κ1) is 20.0. The Morgan fingerprint density at radius 1 is 1.14 bits per heavy atom. The van der Waals surface area contributed by atoms with Gasteiger partial charge in [-0.05, 0) is 53.2 Å². The van der Waals surface area contributed by atoms with Gasteiger partial charge >= 0.3 is 0 Å². The van der Waals surface area contributed by atoms with Crippen LogP contribution in [-0.2, 0) is 6.54 Å². The van der Waals surface area contributed by atoms with Gasteiger partial charge in [-0.15, -0.1) is 5.10 Å². The van der Waals surface area contributed by atoms with Gasteiger partial charge in [0.25, 0.3) is 11.8 Å². The van der Waals surface area contributed by atoms with Crippen molar-refractivity contribution in [2.45, 2.75) is 13.5 Å². The van der Waals surface area contributed by atoms with E-state index in [1.54, 1.807) is 49.1 Å². The molecule has 29 heavy (non-hydrogen) atoms. The van der Waals surface area contributed by atoms with Crippen molar-refractivity contribution in [1.29, 1.82) is 0 Å². The molecule has 0 radical (unpaired) electrons. The number of benzene rings is 2. The molecule has 0 unspecified atom stereocenters. The molecule has 3 rings (SSSR count). The maximum atomic E-state index is 12.6. The third-order valence-corrected chi connectivity index (χ3v) is 4.35. The van der Waals surface area contributed by atoms with Gasteiger partial charge in [0.15, 0.2) is 0 Å². The second-order valence-corrected chi connectivity index (χ2v) is 6.65. The molecule has 9 nitrogen and oxygen atoms in total. The number of aromatic nitrogens is 4. The van der Waals surface area contributed by atoms with Crippen LogP contribution in [0.2, 0.25) is 0 Å². The second kappa shape index (κ2) is 8.51. The van der Waals surface area contributed by atoms with Crippen molar-refractivity contribution in [3.8, 4) is 5.75 Å². The fourth-order valence-corrected chi connectivity index (χ4v) is 2.73. The van der Waals surface area contributed by atoms with E-state index in [2.05, 4.69) is 20.8 Å². The van der Waals surface area contributed by atoms with E-state index in [4.69, 9.17) is 4.74 Å². The zero-order valence-corrected chi connectivity index (χ0v) is 16.7. The van der Waals surface area contributed by atoms with Gasteiger partial charge in [0.2, 0.25) is 0 Å². The summed E-state index contributed by atoms with van der Waals surface area (Å²) in [5.41, 5.74) is 2.36. The number of carbonyl (C=O) groups is 2. The molecule has 0 saturated heterocycles. The molecular formula is C20H22N6O3. The molecule has 0 bridgehead atoms. The average molecular weight is 394 g/mol. The summed E-state index contributed by atoms with van der Waals surface area (Å²) in [6.07, 6.45) is 0. The summed E-state index contributed by atoms with van der Waals surface area (Å²) >= 11 is 0. The number of aryl methyl sites for hydroxylation is 1. The first-order valence-electron chi connectivity index (χ1n) is 8.92. The van der Waals surface area contributed by atoms with Crippen LogP contribution in [0.3, 0.4) is 0 Å². The Balaban J connectivity index is 1.74. The molecule has 0 spiro atoms. The molecule has 1 N–H and O–H groups in total. The van der Waals surface area contributed by atoms with Crippen molar-refractivity contribution in [3.63, 3.8) is 0 Å². The minimum absolute atomic E-state index is 0.208. The number of tetrazole rings is 1. The minimum Gasteiger partial charge on any atom is -0.496 e. The third-order valence-electron chi connectivity index (χ3n) is 4.35. The number of carbonyl (C=O) groups excluding carboxylic acids is 2. The Morgan fingerprint density at radius 3 is 2.45 bits per heavy atom. The summed E-state index contributed by atoms with van der Waals surface area (Å²) in [6, 6.07) is 12.1. The van der Waals surface area contributed by atoms with Gasteiger partial charge in [-0.2, -0.15) is 0 Å². The number of nitrogens with zero attached hydrogens (tertiary/aromatic N) is 5. The molecule has 150 valence electrons. The van der Waals surface area contributed by atoms with E-state index in [0.717, 1.165) is 11.4 Å². The molecule has 1 heterocycles. The standard InChI is InChI=1S/C20H22N6O3/c1-13-22-23-24-26(13)12-14-5-7-15(8-6-14)19(27)21-16-9-10-18(29-4)17(11-16)20(28)25(2)3/h5-11H,12H2,1-4H3,(H,21,27).